The van der Waals surface area contributed by atoms with E-state index < -0.39 is 0 Å². The van der Waals surface area contributed by atoms with Gasteiger partial charge in [0.2, 0.25) is 0 Å². The second-order valence-electron chi connectivity index (χ2n) is 5.12. The van der Waals surface area contributed by atoms with E-state index in [1.807, 2.05) is 26.1 Å². The molecule has 5 heteroatoms. The second kappa shape index (κ2) is 6.74. The molecule has 1 atom stereocenters. The van der Waals surface area contributed by atoms with Crippen molar-refractivity contribution in [3.05, 3.63) is 46.7 Å². The SMILES string of the molecule is CCc1occc1C(Cc1ncc(C)c(OC)c1C)NN. The highest BCUT2D eigenvalue weighted by Crippen LogP contribution is 2.28. The van der Waals surface area contributed by atoms with Crippen LogP contribution in [-0.2, 0) is 12.8 Å². The molecule has 2 rings (SSSR count). The normalized spacial score (nSPS) is 12.4. The lowest BCUT2D eigenvalue weighted by molar-refractivity contribution is 0.406. The summed E-state index contributed by atoms with van der Waals surface area (Å²) >= 11 is 0. The van der Waals surface area contributed by atoms with Crippen LogP contribution in [0.15, 0.2) is 22.9 Å². The Kier molecular flexibility index (Phi) is 4.98. The number of pyridine rings is 1. The fourth-order valence-corrected chi connectivity index (χ4v) is 2.68. The molecule has 2 aromatic rings. The zero-order valence-electron chi connectivity index (χ0n) is 13.1. The predicted molar refractivity (Wildman–Crippen MR) is 82.1 cm³/mol. The molecule has 0 radical (unpaired) electrons. The minimum Gasteiger partial charge on any atom is -0.496 e. The van der Waals surface area contributed by atoms with Crippen LogP contribution in [0.1, 0.15) is 41.1 Å². The van der Waals surface area contributed by atoms with E-state index in [9.17, 15) is 0 Å². The van der Waals surface area contributed by atoms with Gasteiger partial charge in [0.25, 0.3) is 0 Å². The number of hydrogen-bond donors (Lipinski definition) is 2. The smallest absolute Gasteiger partial charge is 0.128 e. The number of nitrogens with zero attached hydrogens (tertiary/aromatic N) is 1. The highest BCUT2D eigenvalue weighted by atomic mass is 16.5. The van der Waals surface area contributed by atoms with Crippen LogP contribution in [0.2, 0.25) is 0 Å². The van der Waals surface area contributed by atoms with Crippen molar-refractivity contribution in [2.75, 3.05) is 7.11 Å². The molecule has 2 aromatic heterocycles. The van der Waals surface area contributed by atoms with Crippen molar-refractivity contribution in [1.29, 1.82) is 0 Å². The Labute approximate surface area is 125 Å². The van der Waals surface area contributed by atoms with Gasteiger partial charge in [0.15, 0.2) is 0 Å². The van der Waals surface area contributed by atoms with Crippen LogP contribution < -0.4 is 16.0 Å². The molecule has 0 fully saturated rings. The van der Waals surface area contributed by atoms with Gasteiger partial charge in [-0.1, -0.05) is 6.92 Å². The number of aromatic nitrogens is 1. The van der Waals surface area contributed by atoms with Crippen LogP contribution in [-0.4, -0.2) is 12.1 Å². The summed E-state index contributed by atoms with van der Waals surface area (Å²) in [5.41, 5.74) is 7.02. The average molecular weight is 289 g/mol. The van der Waals surface area contributed by atoms with Crippen LogP contribution in [0, 0.1) is 13.8 Å². The van der Waals surface area contributed by atoms with Gasteiger partial charge in [0.1, 0.15) is 11.5 Å². The number of hydrazine groups is 1. The molecule has 0 saturated carbocycles. The van der Waals surface area contributed by atoms with Gasteiger partial charge in [-0.2, -0.15) is 0 Å². The quantitative estimate of drug-likeness (QED) is 0.631. The topological polar surface area (TPSA) is 73.3 Å². The van der Waals surface area contributed by atoms with E-state index in [1.54, 1.807) is 13.4 Å². The molecule has 1 unspecified atom stereocenters. The monoisotopic (exact) mass is 289 g/mol. The molecule has 0 aliphatic rings. The van der Waals surface area contributed by atoms with Gasteiger partial charge in [-0.3, -0.25) is 16.3 Å². The molecule has 5 nitrogen and oxygen atoms in total. The Balaban J connectivity index is 2.31. The number of methoxy groups -OCH3 is 1. The fraction of sp³-hybridized carbons (Fsp3) is 0.438. The third-order valence-electron chi connectivity index (χ3n) is 3.82. The van der Waals surface area contributed by atoms with Crippen LogP contribution in [0.3, 0.4) is 0 Å². The molecule has 0 spiro atoms. The van der Waals surface area contributed by atoms with Crippen molar-refractivity contribution in [2.24, 2.45) is 5.84 Å². The fourth-order valence-electron chi connectivity index (χ4n) is 2.68. The number of aryl methyl sites for hydroxylation is 2. The Morgan fingerprint density at radius 2 is 2.19 bits per heavy atom. The van der Waals surface area contributed by atoms with Crippen molar-refractivity contribution in [1.82, 2.24) is 10.4 Å². The summed E-state index contributed by atoms with van der Waals surface area (Å²) < 4.78 is 10.9. The van der Waals surface area contributed by atoms with Crippen LogP contribution >= 0.6 is 0 Å². The van der Waals surface area contributed by atoms with Gasteiger partial charge in [0.05, 0.1) is 19.4 Å². The van der Waals surface area contributed by atoms with E-state index in [-0.39, 0.29) is 6.04 Å². The van der Waals surface area contributed by atoms with Gasteiger partial charge in [-0.25, -0.2) is 0 Å². The summed E-state index contributed by atoms with van der Waals surface area (Å²) in [6.45, 7) is 6.08. The largest absolute Gasteiger partial charge is 0.496 e. The lowest BCUT2D eigenvalue weighted by Gasteiger charge is -2.18. The van der Waals surface area contributed by atoms with Crippen LogP contribution in [0.5, 0.6) is 5.75 Å². The summed E-state index contributed by atoms with van der Waals surface area (Å²) in [5.74, 6) is 7.58. The Hall–Kier alpha value is -1.85. The first-order valence-electron chi connectivity index (χ1n) is 7.13. The van der Waals surface area contributed by atoms with Crippen LogP contribution in [0.25, 0.3) is 0 Å². The van der Waals surface area contributed by atoms with Crippen molar-refractivity contribution in [3.63, 3.8) is 0 Å². The minimum absolute atomic E-state index is 0.0303. The number of ether oxygens (including phenoxy) is 1. The van der Waals surface area contributed by atoms with Gasteiger partial charge < -0.3 is 9.15 Å². The standard InChI is InChI=1S/C16H23N3O2/c1-5-15-12(6-7-21-15)14(19-17)8-13-11(3)16(20-4)10(2)9-18-13/h6-7,9,14,19H,5,8,17H2,1-4H3. The Bertz CT molecular complexity index is 608. The second-order valence-corrected chi connectivity index (χ2v) is 5.12. The highest BCUT2D eigenvalue weighted by Gasteiger charge is 2.19. The Morgan fingerprint density at radius 1 is 1.43 bits per heavy atom. The van der Waals surface area contributed by atoms with Crippen molar-refractivity contribution in [3.8, 4) is 5.75 Å². The molecule has 3 N–H and O–H groups in total. The minimum atomic E-state index is -0.0303. The van der Waals surface area contributed by atoms with E-state index in [1.165, 1.54) is 0 Å². The molecule has 0 aliphatic carbocycles. The molecular weight excluding hydrogens is 266 g/mol. The van der Waals surface area contributed by atoms with Gasteiger partial charge in [-0.05, 0) is 19.9 Å². The van der Waals surface area contributed by atoms with Gasteiger partial charge >= 0.3 is 0 Å². The summed E-state index contributed by atoms with van der Waals surface area (Å²) in [6, 6.07) is 1.93. The van der Waals surface area contributed by atoms with Gasteiger partial charge in [0, 0.05) is 41.4 Å². The number of rotatable bonds is 6. The zero-order valence-corrected chi connectivity index (χ0v) is 13.1. The van der Waals surface area contributed by atoms with Crippen molar-refractivity contribution < 1.29 is 9.15 Å². The first-order chi connectivity index (χ1) is 10.1. The lowest BCUT2D eigenvalue weighted by Crippen LogP contribution is -2.30. The van der Waals surface area contributed by atoms with E-state index in [4.69, 9.17) is 15.0 Å². The Morgan fingerprint density at radius 3 is 2.81 bits per heavy atom. The predicted octanol–water partition coefficient (Wildman–Crippen LogP) is 2.61. The van der Waals surface area contributed by atoms with E-state index in [0.717, 1.165) is 40.3 Å². The van der Waals surface area contributed by atoms with E-state index >= 15 is 0 Å². The maximum atomic E-state index is 5.74. The first-order valence-corrected chi connectivity index (χ1v) is 7.13. The molecule has 0 amide bonds. The molecular formula is C16H23N3O2. The number of nitrogens with one attached hydrogen (secondary N) is 1. The molecule has 114 valence electrons. The molecule has 2 heterocycles. The third-order valence-corrected chi connectivity index (χ3v) is 3.82. The molecule has 0 aliphatic heterocycles. The lowest BCUT2D eigenvalue weighted by atomic mass is 9.99. The van der Waals surface area contributed by atoms with Crippen LogP contribution in [0.4, 0.5) is 0 Å². The summed E-state index contributed by atoms with van der Waals surface area (Å²) in [5, 5.41) is 0. The van der Waals surface area contributed by atoms with E-state index in [2.05, 4.69) is 17.3 Å². The van der Waals surface area contributed by atoms with Crippen molar-refractivity contribution >= 4 is 0 Å². The molecule has 0 bridgehead atoms. The zero-order chi connectivity index (χ0) is 15.4. The summed E-state index contributed by atoms with van der Waals surface area (Å²) in [7, 11) is 1.68. The maximum absolute atomic E-state index is 5.74. The first kappa shape index (κ1) is 15.5. The van der Waals surface area contributed by atoms with Crippen molar-refractivity contribution in [2.45, 2.75) is 39.7 Å². The highest BCUT2D eigenvalue weighted by molar-refractivity contribution is 5.41. The van der Waals surface area contributed by atoms with E-state index in [0.29, 0.717) is 6.42 Å². The molecule has 21 heavy (non-hydrogen) atoms. The number of furan rings is 1. The molecule has 0 aromatic carbocycles. The third kappa shape index (κ3) is 3.09. The number of hydrogen-bond acceptors (Lipinski definition) is 5. The summed E-state index contributed by atoms with van der Waals surface area (Å²) in [4.78, 5) is 4.53. The van der Waals surface area contributed by atoms with Gasteiger partial charge in [-0.15, -0.1) is 0 Å². The molecule has 0 saturated heterocycles. The summed E-state index contributed by atoms with van der Waals surface area (Å²) in [6.07, 6.45) is 5.06. The maximum Gasteiger partial charge on any atom is 0.128 e. The average Bonchev–Trinajstić information content (AvgIpc) is 2.95. The number of nitrogens with two attached hydrogens (primary N) is 1.